The van der Waals surface area contributed by atoms with Crippen molar-refractivity contribution in [3.8, 4) is 6.07 Å². The maximum absolute atomic E-state index is 11.3. The van der Waals surface area contributed by atoms with E-state index in [0.717, 1.165) is 30.6 Å². The van der Waals surface area contributed by atoms with Gasteiger partial charge < -0.3 is 0 Å². The molecule has 0 unspecified atom stereocenters. The van der Waals surface area contributed by atoms with Crippen molar-refractivity contribution in [1.29, 1.82) is 5.26 Å². The van der Waals surface area contributed by atoms with Gasteiger partial charge in [0, 0.05) is 29.3 Å². The molecule has 2 aromatic carbocycles. The van der Waals surface area contributed by atoms with Crippen LogP contribution >= 0.6 is 10.7 Å². The monoisotopic (exact) mass is 430 g/mol. The highest BCUT2D eigenvalue weighted by atomic mass is 35.7. The Morgan fingerprint density at radius 2 is 1.48 bits per heavy atom. The Hall–Kier alpha value is -1.87. The van der Waals surface area contributed by atoms with Gasteiger partial charge in [-0.3, -0.25) is 4.90 Å². The Kier molecular flexibility index (Phi) is 6.38. The van der Waals surface area contributed by atoms with Crippen LogP contribution in [0.15, 0.2) is 60.7 Å². The van der Waals surface area contributed by atoms with E-state index in [2.05, 4.69) is 24.8 Å². The van der Waals surface area contributed by atoms with Crippen LogP contribution in [0.1, 0.15) is 37.8 Å². The lowest BCUT2D eigenvalue weighted by Gasteiger charge is -2.50. The van der Waals surface area contributed by atoms with Gasteiger partial charge in [0.15, 0.2) is 0 Å². The minimum atomic E-state index is -3.46. The van der Waals surface area contributed by atoms with E-state index in [0.29, 0.717) is 6.42 Å². The van der Waals surface area contributed by atoms with Crippen LogP contribution < -0.4 is 0 Å². The molecule has 2 aromatic rings. The first-order valence-electron chi connectivity index (χ1n) is 9.86. The Bertz CT molecular complexity index is 923. The van der Waals surface area contributed by atoms with Gasteiger partial charge in [-0.25, -0.2) is 8.42 Å². The smallest absolute Gasteiger partial charge is 0.232 e. The fourth-order valence-corrected chi connectivity index (χ4v) is 5.50. The molecule has 0 atom stereocenters. The van der Waals surface area contributed by atoms with Crippen molar-refractivity contribution in [2.24, 2.45) is 5.92 Å². The van der Waals surface area contributed by atoms with Gasteiger partial charge in [0.2, 0.25) is 9.05 Å². The van der Waals surface area contributed by atoms with Crippen molar-refractivity contribution in [3.05, 3.63) is 71.8 Å². The summed E-state index contributed by atoms with van der Waals surface area (Å²) in [6.07, 6.45) is 1.49. The summed E-state index contributed by atoms with van der Waals surface area (Å²) in [5.74, 6) is 0.109. The molecule has 0 saturated carbocycles. The van der Waals surface area contributed by atoms with Crippen LogP contribution in [0.2, 0.25) is 0 Å². The SMILES string of the molecule is CC(C)(CCC(C#N)(c1ccccc1)c1ccccc1)N1CC(CS(=O)(=O)Cl)C1. The van der Waals surface area contributed by atoms with Crippen LogP contribution in [0.4, 0.5) is 0 Å². The van der Waals surface area contributed by atoms with E-state index in [9.17, 15) is 13.7 Å². The molecule has 6 heteroatoms. The van der Waals surface area contributed by atoms with Crippen LogP contribution in [-0.2, 0) is 14.5 Å². The summed E-state index contributed by atoms with van der Waals surface area (Å²) >= 11 is 0. The van der Waals surface area contributed by atoms with Gasteiger partial charge in [-0.2, -0.15) is 5.26 Å². The molecule has 29 heavy (non-hydrogen) atoms. The number of hydrogen-bond acceptors (Lipinski definition) is 4. The van der Waals surface area contributed by atoms with Crippen LogP contribution in [0.5, 0.6) is 0 Å². The molecule has 1 aliphatic rings. The summed E-state index contributed by atoms with van der Waals surface area (Å²) in [6, 6.07) is 22.5. The van der Waals surface area contributed by atoms with E-state index in [1.54, 1.807) is 0 Å². The average Bonchev–Trinajstić information content (AvgIpc) is 2.66. The molecule has 0 N–H and O–H groups in total. The quantitative estimate of drug-likeness (QED) is 0.576. The first-order valence-corrected chi connectivity index (χ1v) is 12.3. The summed E-state index contributed by atoms with van der Waals surface area (Å²) in [5, 5.41) is 10.3. The van der Waals surface area contributed by atoms with Gasteiger partial charge >= 0.3 is 0 Å². The van der Waals surface area contributed by atoms with E-state index < -0.39 is 14.5 Å². The molecule has 0 radical (unpaired) electrons. The minimum absolute atomic E-state index is 0.0251. The minimum Gasteiger partial charge on any atom is -0.297 e. The fraction of sp³-hybridized carbons (Fsp3) is 0.435. The molecule has 0 bridgehead atoms. The highest BCUT2D eigenvalue weighted by Crippen LogP contribution is 2.40. The first-order chi connectivity index (χ1) is 13.7. The van der Waals surface area contributed by atoms with Crippen molar-refractivity contribution < 1.29 is 8.42 Å². The normalized spacial score (nSPS) is 16.2. The summed E-state index contributed by atoms with van der Waals surface area (Å²) in [7, 11) is 1.93. The Balaban J connectivity index is 1.78. The maximum atomic E-state index is 11.3. The highest BCUT2D eigenvalue weighted by Gasteiger charge is 2.42. The van der Waals surface area contributed by atoms with E-state index in [1.165, 1.54) is 0 Å². The number of halogens is 1. The maximum Gasteiger partial charge on any atom is 0.232 e. The lowest BCUT2D eigenvalue weighted by Crippen LogP contribution is -2.58. The van der Waals surface area contributed by atoms with Gasteiger partial charge in [-0.15, -0.1) is 0 Å². The van der Waals surface area contributed by atoms with Crippen molar-refractivity contribution in [2.75, 3.05) is 18.8 Å². The lowest BCUT2D eigenvalue weighted by molar-refractivity contribution is 0.00538. The second-order valence-corrected chi connectivity index (χ2v) is 11.4. The number of likely N-dealkylation sites (tertiary alicyclic amines) is 1. The van der Waals surface area contributed by atoms with Crippen molar-refractivity contribution in [3.63, 3.8) is 0 Å². The summed E-state index contributed by atoms with van der Waals surface area (Å²) in [5.41, 5.74) is 1.14. The van der Waals surface area contributed by atoms with E-state index in [1.807, 2.05) is 60.7 Å². The molecular weight excluding hydrogens is 404 g/mol. The molecule has 0 aromatic heterocycles. The van der Waals surface area contributed by atoms with Gasteiger partial charge in [-0.1, -0.05) is 60.7 Å². The van der Waals surface area contributed by atoms with Crippen LogP contribution in [-0.4, -0.2) is 37.7 Å². The molecule has 0 aliphatic carbocycles. The van der Waals surface area contributed by atoms with Crippen LogP contribution in [0, 0.1) is 17.2 Å². The number of rotatable bonds is 8. The highest BCUT2D eigenvalue weighted by molar-refractivity contribution is 8.13. The molecule has 0 spiro atoms. The Morgan fingerprint density at radius 1 is 1.00 bits per heavy atom. The van der Waals surface area contributed by atoms with Crippen LogP contribution in [0.3, 0.4) is 0 Å². The number of nitriles is 1. The summed E-state index contributed by atoms with van der Waals surface area (Å²) < 4.78 is 22.6. The van der Waals surface area contributed by atoms with E-state index >= 15 is 0 Å². The number of nitrogens with zero attached hydrogens (tertiary/aromatic N) is 2. The molecule has 4 nitrogen and oxygen atoms in total. The molecule has 154 valence electrons. The van der Waals surface area contributed by atoms with Crippen LogP contribution in [0.25, 0.3) is 0 Å². The van der Waals surface area contributed by atoms with Crippen molar-refractivity contribution >= 4 is 19.7 Å². The van der Waals surface area contributed by atoms with E-state index in [4.69, 9.17) is 10.7 Å². The standard InChI is InChI=1S/C23H27ClN2O2S/c1-22(2,26-15-19(16-26)17-29(24,27)28)13-14-23(18-25,20-9-5-3-6-10-20)21-11-7-4-8-12-21/h3-12,19H,13-17H2,1-2H3. The molecule has 1 saturated heterocycles. The topological polar surface area (TPSA) is 61.2 Å². The molecule has 3 rings (SSSR count). The molecule has 1 fully saturated rings. The Morgan fingerprint density at radius 3 is 1.90 bits per heavy atom. The third-order valence-corrected chi connectivity index (χ3v) is 7.33. The summed E-state index contributed by atoms with van der Waals surface area (Å²) in [6.45, 7) is 5.76. The molecule has 0 amide bonds. The fourth-order valence-electron chi connectivity index (χ4n) is 4.19. The van der Waals surface area contributed by atoms with Gasteiger partial charge in [0.25, 0.3) is 0 Å². The van der Waals surface area contributed by atoms with Crippen molar-refractivity contribution in [1.82, 2.24) is 4.90 Å². The molecular formula is C23H27ClN2O2S. The van der Waals surface area contributed by atoms with Gasteiger partial charge in [-0.05, 0) is 43.7 Å². The predicted octanol–water partition coefficient (Wildman–Crippen LogP) is 4.56. The largest absolute Gasteiger partial charge is 0.297 e. The Labute approximate surface area is 178 Å². The summed E-state index contributed by atoms with van der Waals surface area (Å²) in [4.78, 5) is 2.29. The average molecular weight is 431 g/mol. The third kappa shape index (κ3) is 5.01. The zero-order valence-electron chi connectivity index (χ0n) is 16.9. The lowest BCUT2D eigenvalue weighted by atomic mass is 9.70. The zero-order valence-corrected chi connectivity index (χ0v) is 18.5. The number of hydrogen-bond donors (Lipinski definition) is 0. The second kappa shape index (κ2) is 8.47. The predicted molar refractivity (Wildman–Crippen MR) is 117 cm³/mol. The number of benzene rings is 2. The zero-order chi connectivity index (χ0) is 21.1. The van der Waals surface area contributed by atoms with Crippen molar-refractivity contribution in [2.45, 2.75) is 37.6 Å². The first kappa shape index (κ1) is 21.8. The third-order valence-electron chi connectivity index (χ3n) is 6.08. The second-order valence-electron chi connectivity index (χ2n) is 8.54. The van der Waals surface area contributed by atoms with Gasteiger partial charge in [0.05, 0.1) is 11.8 Å². The van der Waals surface area contributed by atoms with E-state index in [-0.39, 0.29) is 17.2 Å². The molecule has 1 aliphatic heterocycles. The molecule has 1 heterocycles. The van der Waals surface area contributed by atoms with Gasteiger partial charge in [0.1, 0.15) is 5.41 Å².